The van der Waals surface area contributed by atoms with Crippen LogP contribution in [0, 0.1) is 0 Å². The van der Waals surface area contributed by atoms with Gasteiger partial charge in [0.1, 0.15) is 0 Å². The number of oxime groups is 1. The van der Waals surface area contributed by atoms with E-state index in [9.17, 15) is 10.0 Å². The minimum atomic E-state index is -0.216. The molecular formula is C18H18N2O2. The van der Waals surface area contributed by atoms with Crippen LogP contribution in [0.15, 0.2) is 65.8 Å². The van der Waals surface area contributed by atoms with Crippen LogP contribution in [0.2, 0.25) is 0 Å². The Morgan fingerprint density at radius 2 is 1.68 bits per heavy atom. The first kappa shape index (κ1) is 14.3. The van der Waals surface area contributed by atoms with E-state index in [1.54, 1.807) is 17.0 Å². The molecule has 1 saturated heterocycles. The fourth-order valence-electron chi connectivity index (χ4n) is 2.91. The summed E-state index contributed by atoms with van der Waals surface area (Å²) in [6.07, 6.45) is 0.934. The normalized spacial score (nSPS) is 18.5. The summed E-state index contributed by atoms with van der Waals surface area (Å²) < 4.78 is 0. The van der Waals surface area contributed by atoms with Crippen molar-refractivity contribution >= 4 is 11.6 Å². The molecule has 1 heterocycles. The first-order chi connectivity index (χ1) is 10.8. The van der Waals surface area contributed by atoms with Crippen LogP contribution >= 0.6 is 0 Å². The maximum absolute atomic E-state index is 12.6. The monoisotopic (exact) mass is 294 g/mol. The predicted molar refractivity (Wildman–Crippen MR) is 85.1 cm³/mol. The molecule has 0 spiro atoms. The Labute approximate surface area is 129 Å². The summed E-state index contributed by atoms with van der Waals surface area (Å²) in [4.78, 5) is 14.4. The van der Waals surface area contributed by atoms with Gasteiger partial charge in [0, 0.05) is 24.6 Å². The molecule has 2 aromatic rings. The fourth-order valence-corrected chi connectivity index (χ4v) is 2.91. The summed E-state index contributed by atoms with van der Waals surface area (Å²) in [5.41, 5.74) is 1.99. The molecule has 0 bridgehead atoms. The van der Waals surface area contributed by atoms with E-state index in [0.717, 1.165) is 6.42 Å². The summed E-state index contributed by atoms with van der Waals surface area (Å²) in [5, 5.41) is 12.5. The van der Waals surface area contributed by atoms with Gasteiger partial charge in [-0.25, -0.2) is 0 Å². The third-order valence-corrected chi connectivity index (χ3v) is 4.10. The van der Waals surface area contributed by atoms with Crippen molar-refractivity contribution in [1.82, 2.24) is 4.90 Å². The molecule has 22 heavy (non-hydrogen) atoms. The zero-order valence-electron chi connectivity index (χ0n) is 12.2. The molecule has 0 radical (unpaired) electrons. The number of rotatable bonds is 3. The van der Waals surface area contributed by atoms with Crippen LogP contribution in [0.4, 0.5) is 0 Å². The molecule has 112 valence electrons. The van der Waals surface area contributed by atoms with Gasteiger partial charge in [-0.15, -0.1) is 0 Å². The van der Waals surface area contributed by atoms with Gasteiger partial charge < -0.3 is 10.1 Å². The van der Waals surface area contributed by atoms with Crippen molar-refractivity contribution in [2.45, 2.75) is 12.3 Å². The van der Waals surface area contributed by atoms with E-state index in [0.29, 0.717) is 24.6 Å². The Kier molecular flexibility index (Phi) is 4.19. The van der Waals surface area contributed by atoms with Crippen LogP contribution in [0.3, 0.4) is 0 Å². The van der Waals surface area contributed by atoms with Gasteiger partial charge in [-0.05, 0) is 12.0 Å². The van der Waals surface area contributed by atoms with Gasteiger partial charge in [0.2, 0.25) is 0 Å². The lowest BCUT2D eigenvalue weighted by Gasteiger charge is -2.17. The molecule has 1 amide bonds. The maximum atomic E-state index is 12.6. The molecular weight excluding hydrogens is 276 g/mol. The van der Waals surface area contributed by atoms with Crippen LogP contribution in [0.1, 0.15) is 23.5 Å². The van der Waals surface area contributed by atoms with Gasteiger partial charge in [0.25, 0.3) is 5.91 Å². The van der Waals surface area contributed by atoms with E-state index in [1.807, 2.05) is 36.4 Å². The van der Waals surface area contributed by atoms with Crippen molar-refractivity contribution in [2.24, 2.45) is 5.16 Å². The van der Waals surface area contributed by atoms with Crippen molar-refractivity contribution in [1.29, 1.82) is 0 Å². The summed E-state index contributed by atoms with van der Waals surface area (Å²) in [7, 11) is 0. The van der Waals surface area contributed by atoms with Crippen LogP contribution in [-0.2, 0) is 4.79 Å². The Morgan fingerprint density at radius 1 is 1.05 bits per heavy atom. The average molecular weight is 294 g/mol. The molecule has 2 aromatic carbocycles. The highest BCUT2D eigenvalue weighted by atomic mass is 16.4. The SMILES string of the molecule is O=C(C(=NO)c1ccccc1)N1CCC(c2ccccc2)C1. The standard InChI is InChI=1S/C18H18N2O2/c21-18(17(19-22)15-9-5-2-6-10-15)20-12-11-16(13-20)14-7-3-1-4-8-14/h1-10,16,22H,11-13H2. The third-order valence-electron chi connectivity index (χ3n) is 4.10. The third kappa shape index (κ3) is 2.86. The zero-order valence-corrected chi connectivity index (χ0v) is 12.2. The topological polar surface area (TPSA) is 52.9 Å². The number of benzene rings is 2. The molecule has 1 aliphatic rings. The molecule has 0 saturated carbocycles. The number of likely N-dealkylation sites (tertiary alicyclic amines) is 1. The van der Waals surface area contributed by atoms with Crippen LogP contribution in [-0.4, -0.2) is 34.8 Å². The number of amides is 1. The molecule has 1 fully saturated rings. The predicted octanol–water partition coefficient (Wildman–Crippen LogP) is 2.88. The Balaban J connectivity index is 1.74. The van der Waals surface area contributed by atoms with Gasteiger partial charge >= 0.3 is 0 Å². The second-order valence-corrected chi connectivity index (χ2v) is 5.46. The van der Waals surface area contributed by atoms with Gasteiger partial charge in [-0.3, -0.25) is 4.79 Å². The van der Waals surface area contributed by atoms with Gasteiger partial charge in [0.15, 0.2) is 5.71 Å². The molecule has 1 N–H and O–H groups in total. The van der Waals surface area contributed by atoms with Crippen LogP contribution < -0.4 is 0 Å². The molecule has 4 heteroatoms. The largest absolute Gasteiger partial charge is 0.410 e. The molecule has 0 aromatic heterocycles. The highest BCUT2D eigenvalue weighted by Gasteiger charge is 2.30. The summed E-state index contributed by atoms with van der Waals surface area (Å²) in [6, 6.07) is 19.3. The minimum absolute atomic E-state index is 0.106. The highest BCUT2D eigenvalue weighted by molar-refractivity contribution is 6.45. The average Bonchev–Trinajstić information content (AvgIpc) is 3.07. The number of nitrogens with zero attached hydrogens (tertiary/aromatic N) is 2. The zero-order chi connectivity index (χ0) is 15.4. The first-order valence-electron chi connectivity index (χ1n) is 7.41. The number of hydrogen-bond acceptors (Lipinski definition) is 3. The van der Waals surface area contributed by atoms with Gasteiger partial charge in [-0.1, -0.05) is 65.8 Å². The second-order valence-electron chi connectivity index (χ2n) is 5.46. The summed E-state index contributed by atoms with van der Waals surface area (Å²) in [5.74, 6) is 0.132. The highest BCUT2D eigenvalue weighted by Crippen LogP contribution is 2.27. The smallest absolute Gasteiger partial charge is 0.276 e. The molecule has 0 aliphatic carbocycles. The van der Waals surface area contributed by atoms with E-state index >= 15 is 0 Å². The van der Waals surface area contributed by atoms with E-state index in [2.05, 4.69) is 17.3 Å². The Bertz CT molecular complexity index is 668. The van der Waals surface area contributed by atoms with Crippen molar-refractivity contribution in [3.63, 3.8) is 0 Å². The number of carbonyl (C=O) groups is 1. The molecule has 1 aliphatic heterocycles. The van der Waals surface area contributed by atoms with Crippen molar-refractivity contribution in [3.05, 3.63) is 71.8 Å². The lowest BCUT2D eigenvalue weighted by molar-refractivity contribution is -0.123. The molecule has 1 atom stereocenters. The van der Waals surface area contributed by atoms with Crippen molar-refractivity contribution < 1.29 is 10.0 Å². The Hall–Kier alpha value is -2.62. The van der Waals surface area contributed by atoms with E-state index < -0.39 is 0 Å². The molecule has 3 rings (SSSR count). The lowest BCUT2D eigenvalue weighted by Crippen LogP contribution is -2.35. The number of carbonyl (C=O) groups excluding carboxylic acids is 1. The second kappa shape index (κ2) is 6.43. The Morgan fingerprint density at radius 3 is 2.32 bits per heavy atom. The van der Waals surface area contributed by atoms with Crippen molar-refractivity contribution in [2.75, 3.05) is 13.1 Å². The lowest BCUT2D eigenvalue weighted by atomic mass is 9.99. The summed E-state index contributed by atoms with van der Waals surface area (Å²) in [6.45, 7) is 1.35. The van der Waals surface area contributed by atoms with Crippen LogP contribution in [0.25, 0.3) is 0 Å². The fraction of sp³-hybridized carbons (Fsp3) is 0.222. The summed E-state index contributed by atoms with van der Waals surface area (Å²) >= 11 is 0. The van der Waals surface area contributed by atoms with E-state index in [-0.39, 0.29) is 11.6 Å². The maximum Gasteiger partial charge on any atom is 0.276 e. The van der Waals surface area contributed by atoms with Gasteiger partial charge in [0.05, 0.1) is 0 Å². The van der Waals surface area contributed by atoms with Crippen molar-refractivity contribution in [3.8, 4) is 0 Å². The van der Waals surface area contributed by atoms with E-state index in [4.69, 9.17) is 0 Å². The van der Waals surface area contributed by atoms with E-state index in [1.165, 1.54) is 5.56 Å². The first-order valence-corrected chi connectivity index (χ1v) is 7.41. The quantitative estimate of drug-likeness (QED) is 0.537. The number of hydrogen-bond donors (Lipinski definition) is 1. The minimum Gasteiger partial charge on any atom is -0.410 e. The van der Waals surface area contributed by atoms with Crippen LogP contribution in [0.5, 0.6) is 0 Å². The van der Waals surface area contributed by atoms with Gasteiger partial charge in [-0.2, -0.15) is 0 Å². The molecule has 4 nitrogen and oxygen atoms in total. The molecule has 1 unspecified atom stereocenters.